The van der Waals surface area contributed by atoms with Crippen LogP contribution < -0.4 is 0 Å². The maximum absolute atomic E-state index is 12.1. The zero-order valence-electron chi connectivity index (χ0n) is 12.5. The summed E-state index contributed by atoms with van der Waals surface area (Å²) in [5, 5.41) is 0. The van der Waals surface area contributed by atoms with E-state index in [4.69, 9.17) is 4.74 Å². The predicted molar refractivity (Wildman–Crippen MR) is 83.9 cm³/mol. The average Bonchev–Trinajstić information content (AvgIpc) is 2.69. The fourth-order valence-corrected chi connectivity index (χ4v) is 3.03. The molecule has 1 aromatic carbocycles. The summed E-state index contributed by atoms with van der Waals surface area (Å²) in [5.74, 6) is 0.817. The highest BCUT2D eigenvalue weighted by Crippen LogP contribution is 2.34. The third kappa shape index (κ3) is 3.75. The summed E-state index contributed by atoms with van der Waals surface area (Å²) in [5.41, 5.74) is 0.840. The van der Waals surface area contributed by atoms with Crippen molar-refractivity contribution in [3.05, 3.63) is 34.3 Å². The summed E-state index contributed by atoms with van der Waals surface area (Å²) in [6, 6.07) is 8.33. The number of likely N-dealkylation sites (tertiary alicyclic amines) is 1. The van der Waals surface area contributed by atoms with E-state index in [-0.39, 0.29) is 6.09 Å². The fraction of sp³-hybridized carbons (Fsp3) is 0.562. The molecule has 1 amide bonds. The van der Waals surface area contributed by atoms with Crippen LogP contribution in [0, 0.1) is 5.92 Å². The molecule has 2 unspecified atom stereocenters. The molecule has 1 aromatic rings. The first-order valence-corrected chi connectivity index (χ1v) is 7.79. The van der Waals surface area contributed by atoms with Gasteiger partial charge in [-0.2, -0.15) is 0 Å². The number of nitrogens with zero attached hydrogens (tertiary/aromatic N) is 1. The fourth-order valence-electron chi connectivity index (χ4n) is 2.61. The minimum Gasteiger partial charge on any atom is -0.444 e. The van der Waals surface area contributed by atoms with Crippen LogP contribution in [-0.2, 0) is 4.74 Å². The molecule has 2 rings (SSSR count). The first-order chi connectivity index (χ1) is 9.26. The SMILES string of the molecule is CC1CN(C(=O)OC(C)(C)C)CC1c1cccc(Br)c1. The Morgan fingerprint density at radius 1 is 1.35 bits per heavy atom. The summed E-state index contributed by atoms with van der Waals surface area (Å²) in [4.78, 5) is 14.0. The highest BCUT2D eigenvalue weighted by Gasteiger charge is 2.35. The number of carbonyl (C=O) groups excluding carboxylic acids is 1. The molecule has 0 spiro atoms. The van der Waals surface area contributed by atoms with Crippen LogP contribution in [0.5, 0.6) is 0 Å². The quantitative estimate of drug-likeness (QED) is 0.757. The Bertz CT molecular complexity index is 495. The van der Waals surface area contributed by atoms with Gasteiger partial charge in [0.2, 0.25) is 0 Å². The van der Waals surface area contributed by atoms with Crippen molar-refractivity contribution in [2.45, 2.75) is 39.2 Å². The second-order valence-corrected chi connectivity index (χ2v) is 7.44. The Balaban J connectivity index is 2.07. The van der Waals surface area contributed by atoms with Crippen molar-refractivity contribution in [3.8, 4) is 0 Å². The molecule has 1 saturated heterocycles. The number of ether oxygens (including phenoxy) is 1. The van der Waals surface area contributed by atoms with Crippen LogP contribution in [-0.4, -0.2) is 29.7 Å². The average molecular weight is 340 g/mol. The van der Waals surface area contributed by atoms with Crippen molar-refractivity contribution < 1.29 is 9.53 Å². The van der Waals surface area contributed by atoms with Crippen LogP contribution in [0.2, 0.25) is 0 Å². The van der Waals surface area contributed by atoms with E-state index in [9.17, 15) is 4.79 Å². The van der Waals surface area contributed by atoms with Crippen molar-refractivity contribution in [2.75, 3.05) is 13.1 Å². The van der Waals surface area contributed by atoms with Gasteiger partial charge in [-0.3, -0.25) is 0 Å². The topological polar surface area (TPSA) is 29.5 Å². The van der Waals surface area contributed by atoms with Gasteiger partial charge in [0.1, 0.15) is 5.60 Å². The second kappa shape index (κ2) is 5.76. The Kier molecular flexibility index (Phi) is 4.43. The molecule has 4 heteroatoms. The normalized spacial score (nSPS) is 22.9. The van der Waals surface area contributed by atoms with Gasteiger partial charge in [-0.1, -0.05) is 35.0 Å². The zero-order valence-corrected chi connectivity index (χ0v) is 14.1. The molecule has 1 aliphatic heterocycles. The van der Waals surface area contributed by atoms with Gasteiger partial charge in [0.05, 0.1) is 0 Å². The zero-order chi connectivity index (χ0) is 14.9. The summed E-state index contributed by atoms with van der Waals surface area (Å²) < 4.78 is 6.54. The van der Waals surface area contributed by atoms with Crippen LogP contribution in [0.4, 0.5) is 4.79 Å². The third-order valence-electron chi connectivity index (χ3n) is 3.54. The molecule has 0 aromatic heterocycles. The molecule has 1 heterocycles. The number of halogens is 1. The lowest BCUT2D eigenvalue weighted by atomic mass is 9.90. The van der Waals surface area contributed by atoms with E-state index in [2.05, 4.69) is 35.0 Å². The molecule has 3 nitrogen and oxygen atoms in total. The Morgan fingerprint density at radius 3 is 2.65 bits per heavy atom. The number of rotatable bonds is 1. The maximum Gasteiger partial charge on any atom is 0.410 e. The van der Waals surface area contributed by atoms with E-state index in [0.29, 0.717) is 11.8 Å². The van der Waals surface area contributed by atoms with Gasteiger partial charge >= 0.3 is 6.09 Å². The van der Waals surface area contributed by atoms with Crippen molar-refractivity contribution in [1.29, 1.82) is 0 Å². The molecule has 0 saturated carbocycles. The molecule has 0 radical (unpaired) electrons. The van der Waals surface area contributed by atoms with Crippen LogP contribution in [0.25, 0.3) is 0 Å². The highest BCUT2D eigenvalue weighted by atomic mass is 79.9. The van der Waals surface area contributed by atoms with Gasteiger partial charge < -0.3 is 9.64 Å². The number of carbonyl (C=O) groups is 1. The van der Waals surface area contributed by atoms with E-state index in [1.54, 1.807) is 0 Å². The van der Waals surface area contributed by atoms with Crippen molar-refractivity contribution in [1.82, 2.24) is 4.90 Å². The van der Waals surface area contributed by atoms with E-state index >= 15 is 0 Å². The van der Waals surface area contributed by atoms with Crippen molar-refractivity contribution in [3.63, 3.8) is 0 Å². The second-order valence-electron chi connectivity index (χ2n) is 6.52. The number of amides is 1. The number of benzene rings is 1. The lowest BCUT2D eigenvalue weighted by Gasteiger charge is -2.24. The standard InChI is InChI=1S/C16H22BrNO2/c1-11-9-18(15(19)20-16(2,3)4)10-14(11)12-6-5-7-13(17)8-12/h5-8,11,14H,9-10H2,1-4H3. The number of hydrogen-bond acceptors (Lipinski definition) is 2. The van der Waals surface area contributed by atoms with E-state index < -0.39 is 5.60 Å². The minimum atomic E-state index is -0.436. The van der Waals surface area contributed by atoms with Gasteiger partial charge in [-0.25, -0.2) is 4.79 Å². The van der Waals surface area contributed by atoms with Crippen LogP contribution in [0.3, 0.4) is 0 Å². The molecule has 110 valence electrons. The smallest absolute Gasteiger partial charge is 0.410 e. The largest absolute Gasteiger partial charge is 0.444 e. The molecular formula is C16H22BrNO2. The van der Waals surface area contributed by atoms with Gasteiger partial charge in [0, 0.05) is 23.5 Å². The van der Waals surface area contributed by atoms with Gasteiger partial charge in [-0.15, -0.1) is 0 Å². The first-order valence-electron chi connectivity index (χ1n) is 6.99. The highest BCUT2D eigenvalue weighted by molar-refractivity contribution is 9.10. The molecular weight excluding hydrogens is 318 g/mol. The monoisotopic (exact) mass is 339 g/mol. The molecule has 0 aliphatic carbocycles. The van der Waals surface area contributed by atoms with Crippen LogP contribution >= 0.6 is 15.9 Å². The lowest BCUT2D eigenvalue weighted by Crippen LogP contribution is -2.35. The van der Waals surface area contributed by atoms with Crippen molar-refractivity contribution >= 4 is 22.0 Å². The van der Waals surface area contributed by atoms with Gasteiger partial charge in [0.25, 0.3) is 0 Å². The molecule has 0 N–H and O–H groups in total. The van der Waals surface area contributed by atoms with E-state index in [1.807, 2.05) is 37.8 Å². The van der Waals surface area contributed by atoms with Gasteiger partial charge in [0.15, 0.2) is 0 Å². The van der Waals surface area contributed by atoms with Crippen LogP contribution in [0.15, 0.2) is 28.7 Å². The first kappa shape index (κ1) is 15.4. The molecule has 1 aliphatic rings. The summed E-state index contributed by atoms with van der Waals surface area (Å²) in [6.07, 6.45) is -0.207. The summed E-state index contributed by atoms with van der Waals surface area (Å²) >= 11 is 3.51. The maximum atomic E-state index is 12.1. The van der Waals surface area contributed by atoms with E-state index in [0.717, 1.165) is 17.6 Å². The lowest BCUT2D eigenvalue weighted by molar-refractivity contribution is 0.0287. The minimum absolute atomic E-state index is 0.207. The van der Waals surface area contributed by atoms with Crippen LogP contribution in [0.1, 0.15) is 39.2 Å². The Hall–Kier alpha value is -1.03. The molecule has 1 fully saturated rings. The van der Waals surface area contributed by atoms with Gasteiger partial charge in [-0.05, 0) is 44.4 Å². The molecule has 2 atom stereocenters. The van der Waals surface area contributed by atoms with Crippen molar-refractivity contribution in [2.24, 2.45) is 5.92 Å². The summed E-state index contributed by atoms with van der Waals surface area (Å²) in [6.45, 7) is 9.37. The number of hydrogen-bond donors (Lipinski definition) is 0. The Morgan fingerprint density at radius 2 is 2.05 bits per heavy atom. The molecule has 20 heavy (non-hydrogen) atoms. The molecule has 0 bridgehead atoms. The van der Waals surface area contributed by atoms with E-state index in [1.165, 1.54) is 5.56 Å². The predicted octanol–water partition coefficient (Wildman–Crippen LogP) is 4.42. The third-order valence-corrected chi connectivity index (χ3v) is 4.03. The summed E-state index contributed by atoms with van der Waals surface area (Å²) in [7, 11) is 0. The Labute approximate surface area is 129 Å².